The molecule has 0 aromatic rings. The van der Waals surface area contributed by atoms with Crippen molar-refractivity contribution in [2.75, 3.05) is 6.61 Å². The van der Waals surface area contributed by atoms with Crippen molar-refractivity contribution < 1.29 is 25.2 Å². The van der Waals surface area contributed by atoms with Gasteiger partial charge in [-0.2, -0.15) is 0 Å². The zero-order valence-corrected chi connectivity index (χ0v) is 33.3. The lowest BCUT2D eigenvalue weighted by molar-refractivity contribution is -0.132. The van der Waals surface area contributed by atoms with Crippen LogP contribution in [0.4, 0.5) is 0 Å². The summed E-state index contributed by atoms with van der Waals surface area (Å²) in [5, 5.41) is 43.3. The van der Waals surface area contributed by atoms with Crippen LogP contribution in [0.3, 0.4) is 0 Å². The zero-order valence-electron chi connectivity index (χ0n) is 33.3. The highest BCUT2D eigenvalue weighted by Crippen LogP contribution is 2.14. The number of rotatable bonds is 38. The van der Waals surface area contributed by atoms with E-state index in [2.05, 4.69) is 61.7 Å². The minimum atomic E-state index is -1.30. The van der Waals surface area contributed by atoms with Crippen LogP contribution in [0.25, 0.3) is 0 Å². The van der Waals surface area contributed by atoms with E-state index in [0.717, 1.165) is 44.9 Å². The summed E-state index contributed by atoms with van der Waals surface area (Å²) >= 11 is 0. The third-order valence-electron chi connectivity index (χ3n) is 9.73. The normalized spacial score (nSPS) is 14.7. The van der Waals surface area contributed by atoms with Crippen molar-refractivity contribution in [2.24, 2.45) is 0 Å². The summed E-state index contributed by atoms with van der Waals surface area (Å²) in [4.78, 5) is 12.4. The van der Waals surface area contributed by atoms with Crippen LogP contribution in [-0.4, -0.2) is 57.3 Å². The minimum Gasteiger partial charge on any atom is -0.394 e. The van der Waals surface area contributed by atoms with Crippen molar-refractivity contribution in [3.63, 3.8) is 0 Å². The molecule has 0 aliphatic heterocycles. The average molecular weight is 718 g/mol. The van der Waals surface area contributed by atoms with Crippen molar-refractivity contribution in [3.05, 3.63) is 48.6 Å². The molecule has 298 valence electrons. The maximum Gasteiger partial charge on any atom is 0.249 e. The average Bonchev–Trinajstić information content (AvgIpc) is 3.13. The molecule has 0 aromatic carbocycles. The maximum absolute atomic E-state index is 12.4. The first-order chi connectivity index (χ1) is 25.0. The van der Waals surface area contributed by atoms with Gasteiger partial charge < -0.3 is 25.7 Å². The first-order valence-electron chi connectivity index (χ1n) is 21.5. The van der Waals surface area contributed by atoms with Gasteiger partial charge in [-0.1, -0.05) is 165 Å². The number of nitrogens with one attached hydrogen (secondary N) is 1. The number of hydrogen-bond acceptors (Lipinski definition) is 5. The van der Waals surface area contributed by atoms with E-state index in [9.17, 15) is 25.2 Å². The SMILES string of the molecule is CCCCCC/C=C\CCC(O)C(=O)NC(CO)C(O)C(O)CCC/C=C/CC/C=C/CC/C=C/CCCCCCCCCCCCCCCC. The second-order valence-electron chi connectivity index (χ2n) is 14.7. The van der Waals surface area contributed by atoms with Crippen LogP contribution in [0, 0.1) is 0 Å². The molecule has 0 saturated carbocycles. The van der Waals surface area contributed by atoms with E-state index in [4.69, 9.17) is 0 Å². The second kappa shape index (κ2) is 39.5. The third kappa shape index (κ3) is 33.8. The van der Waals surface area contributed by atoms with Crippen LogP contribution in [0.2, 0.25) is 0 Å². The van der Waals surface area contributed by atoms with Crippen LogP contribution in [0.5, 0.6) is 0 Å². The maximum atomic E-state index is 12.4. The van der Waals surface area contributed by atoms with Gasteiger partial charge in [0, 0.05) is 0 Å². The van der Waals surface area contributed by atoms with Gasteiger partial charge in [0.15, 0.2) is 0 Å². The Balaban J connectivity index is 3.76. The Hall–Kier alpha value is -1.73. The number of carbonyl (C=O) groups excluding carboxylic acids is 1. The molecular formula is C45H83NO5. The van der Waals surface area contributed by atoms with E-state index in [1.807, 2.05) is 6.08 Å². The molecule has 0 fully saturated rings. The number of amides is 1. The van der Waals surface area contributed by atoms with Crippen LogP contribution in [0.1, 0.15) is 200 Å². The fraction of sp³-hybridized carbons (Fsp3) is 0.800. The van der Waals surface area contributed by atoms with E-state index in [-0.39, 0.29) is 6.42 Å². The molecule has 6 nitrogen and oxygen atoms in total. The van der Waals surface area contributed by atoms with Gasteiger partial charge >= 0.3 is 0 Å². The number of unbranched alkanes of at least 4 members (excludes halogenated alkanes) is 21. The molecule has 0 heterocycles. The highest BCUT2D eigenvalue weighted by Gasteiger charge is 2.28. The number of aliphatic hydroxyl groups excluding tert-OH is 4. The first-order valence-corrected chi connectivity index (χ1v) is 21.5. The molecule has 0 rings (SSSR count). The van der Waals surface area contributed by atoms with Gasteiger partial charge in [-0.15, -0.1) is 0 Å². The third-order valence-corrected chi connectivity index (χ3v) is 9.73. The summed E-state index contributed by atoms with van der Waals surface area (Å²) in [7, 11) is 0. The van der Waals surface area contributed by atoms with Gasteiger partial charge in [-0.25, -0.2) is 0 Å². The first kappa shape index (κ1) is 49.3. The highest BCUT2D eigenvalue weighted by molar-refractivity contribution is 5.80. The monoisotopic (exact) mass is 718 g/mol. The molecular weight excluding hydrogens is 634 g/mol. The Bertz CT molecular complexity index is 854. The van der Waals surface area contributed by atoms with Crippen LogP contribution < -0.4 is 5.32 Å². The smallest absolute Gasteiger partial charge is 0.249 e. The number of allylic oxidation sites excluding steroid dienone is 8. The molecule has 0 aliphatic carbocycles. The molecule has 0 bridgehead atoms. The summed E-state index contributed by atoms with van der Waals surface area (Å²) in [5.41, 5.74) is 0. The standard InChI is InChI=1S/C45H83NO5/c1-3-5-7-9-11-13-14-15-16-17-18-19-20-21-22-23-24-25-26-27-28-29-30-31-33-34-36-38-42(48)44(50)41(40-47)46-45(51)43(49)39-37-35-32-12-10-8-6-4-2/h23-24,27-28,31-33,35,41-44,47-50H,3-22,25-26,29-30,34,36-40H2,1-2H3,(H,46,51)/b24-23+,28-27+,33-31+,35-32-. The highest BCUT2D eigenvalue weighted by atomic mass is 16.3. The van der Waals surface area contributed by atoms with E-state index in [1.54, 1.807) is 0 Å². The topological polar surface area (TPSA) is 110 Å². The second-order valence-corrected chi connectivity index (χ2v) is 14.7. The summed E-state index contributed by atoms with van der Waals surface area (Å²) < 4.78 is 0. The van der Waals surface area contributed by atoms with Crippen molar-refractivity contribution >= 4 is 5.91 Å². The number of aliphatic hydroxyl groups is 4. The summed E-state index contributed by atoms with van der Waals surface area (Å²) in [6, 6.07) is -1.02. The van der Waals surface area contributed by atoms with Gasteiger partial charge in [-0.3, -0.25) is 4.79 Å². The van der Waals surface area contributed by atoms with E-state index in [1.165, 1.54) is 116 Å². The van der Waals surface area contributed by atoms with Crippen molar-refractivity contribution in [1.82, 2.24) is 5.32 Å². The zero-order chi connectivity index (χ0) is 37.5. The summed E-state index contributed by atoms with van der Waals surface area (Å²) in [6.45, 7) is 3.95. The molecule has 0 spiro atoms. The van der Waals surface area contributed by atoms with Gasteiger partial charge in [0.2, 0.25) is 5.91 Å². The molecule has 0 aliphatic rings. The summed E-state index contributed by atoms with van der Waals surface area (Å²) in [5.74, 6) is -0.638. The quantitative estimate of drug-likeness (QED) is 0.0323. The largest absolute Gasteiger partial charge is 0.394 e. The number of hydrogen-bond donors (Lipinski definition) is 5. The molecule has 6 heteroatoms. The van der Waals surface area contributed by atoms with Crippen molar-refractivity contribution in [1.29, 1.82) is 0 Å². The molecule has 4 unspecified atom stereocenters. The molecule has 0 saturated heterocycles. The van der Waals surface area contributed by atoms with Crippen molar-refractivity contribution in [3.8, 4) is 0 Å². The van der Waals surface area contributed by atoms with Crippen molar-refractivity contribution in [2.45, 2.75) is 224 Å². The molecule has 0 aromatic heterocycles. The van der Waals surface area contributed by atoms with Gasteiger partial charge in [0.25, 0.3) is 0 Å². The molecule has 5 N–H and O–H groups in total. The Kier molecular flexibility index (Phi) is 38.1. The Morgan fingerprint density at radius 2 is 0.824 bits per heavy atom. The van der Waals surface area contributed by atoms with E-state index >= 15 is 0 Å². The summed E-state index contributed by atoms with van der Waals surface area (Å²) in [6.07, 6.45) is 47.6. The lowest BCUT2D eigenvalue weighted by Crippen LogP contribution is -2.53. The fourth-order valence-electron chi connectivity index (χ4n) is 6.26. The Labute approximate surface area is 315 Å². The van der Waals surface area contributed by atoms with Crippen LogP contribution in [-0.2, 0) is 4.79 Å². The lowest BCUT2D eigenvalue weighted by Gasteiger charge is -2.27. The van der Waals surface area contributed by atoms with Crippen LogP contribution >= 0.6 is 0 Å². The van der Waals surface area contributed by atoms with E-state index in [0.29, 0.717) is 19.3 Å². The van der Waals surface area contributed by atoms with Crippen LogP contribution in [0.15, 0.2) is 48.6 Å². The minimum absolute atomic E-state index is 0.271. The molecule has 4 atom stereocenters. The van der Waals surface area contributed by atoms with Gasteiger partial charge in [0.1, 0.15) is 12.2 Å². The van der Waals surface area contributed by atoms with Gasteiger partial charge in [-0.05, 0) is 83.5 Å². The fourth-order valence-corrected chi connectivity index (χ4v) is 6.26. The predicted molar refractivity (Wildman–Crippen MR) is 219 cm³/mol. The Morgan fingerprint density at radius 3 is 1.25 bits per heavy atom. The Morgan fingerprint density at radius 1 is 0.471 bits per heavy atom. The molecule has 1 amide bonds. The lowest BCUT2D eigenvalue weighted by atomic mass is 10.0. The van der Waals surface area contributed by atoms with Gasteiger partial charge in [0.05, 0.1) is 18.8 Å². The molecule has 51 heavy (non-hydrogen) atoms. The molecule has 0 radical (unpaired) electrons. The van der Waals surface area contributed by atoms with E-state index < -0.39 is 36.9 Å². The predicted octanol–water partition coefficient (Wildman–Crippen LogP) is 11.1. The number of carbonyl (C=O) groups is 1.